The van der Waals surface area contributed by atoms with Crippen molar-refractivity contribution in [2.45, 2.75) is 13.4 Å². The van der Waals surface area contributed by atoms with E-state index in [1.54, 1.807) is 6.92 Å². The number of aromatic nitrogens is 2. The van der Waals surface area contributed by atoms with Crippen molar-refractivity contribution in [2.24, 2.45) is 0 Å². The molecule has 2 rings (SSSR count). The first-order valence-corrected chi connectivity index (χ1v) is 3.16. The van der Waals surface area contributed by atoms with E-state index in [-0.39, 0.29) is 5.88 Å². The lowest BCUT2D eigenvalue weighted by Gasteiger charge is -1.94. The van der Waals surface area contributed by atoms with E-state index in [0.29, 0.717) is 5.82 Å². The van der Waals surface area contributed by atoms with Gasteiger partial charge in [0.15, 0.2) is 5.82 Å². The molecule has 1 aliphatic rings. The van der Waals surface area contributed by atoms with Crippen LogP contribution in [0.1, 0.15) is 5.69 Å². The number of anilines is 1. The predicted octanol–water partition coefficient (Wildman–Crippen LogP) is 0.842. The molecule has 0 aliphatic carbocycles. The maximum atomic E-state index is 12.4. The number of nitrogens with zero attached hydrogens (tertiary/aromatic N) is 2. The van der Waals surface area contributed by atoms with Crippen LogP contribution in [0.25, 0.3) is 0 Å². The largest absolute Gasteiger partial charge is 0.422 e. The van der Waals surface area contributed by atoms with E-state index in [1.807, 2.05) is 0 Å². The lowest BCUT2D eigenvalue weighted by molar-refractivity contribution is 0.107. The average molecular weight is 155 g/mol. The quantitative estimate of drug-likeness (QED) is 0.564. The number of fused-ring (bicyclic) bond motifs is 1. The van der Waals surface area contributed by atoms with Crippen molar-refractivity contribution in [1.82, 2.24) is 9.97 Å². The minimum Gasteiger partial charge on any atom is -0.422 e. The van der Waals surface area contributed by atoms with Gasteiger partial charge in [0.1, 0.15) is 0 Å². The maximum Gasteiger partial charge on any atom is 0.321 e. The smallest absolute Gasteiger partial charge is 0.321 e. The number of alkyl halides is 1. The van der Waals surface area contributed by atoms with Crippen LogP contribution >= 0.6 is 0 Å². The van der Waals surface area contributed by atoms with Crippen LogP contribution in [0.4, 0.5) is 10.2 Å². The van der Waals surface area contributed by atoms with Gasteiger partial charge in [-0.05, 0) is 6.92 Å². The lowest BCUT2D eigenvalue weighted by Crippen LogP contribution is -2.12. The Morgan fingerprint density at radius 3 is 3.36 bits per heavy atom. The second-order valence-corrected chi connectivity index (χ2v) is 2.24. The molecule has 0 radical (unpaired) electrons. The number of hydrogen-bond donors (Lipinski definition) is 1. The number of nitrogens with one attached hydrogen (secondary N) is 1. The third-order valence-corrected chi connectivity index (χ3v) is 1.32. The van der Waals surface area contributed by atoms with Gasteiger partial charge in [0.2, 0.25) is 0 Å². The van der Waals surface area contributed by atoms with Crippen LogP contribution in [-0.2, 0) is 0 Å². The SMILES string of the molecule is Cc1cnc2c(n1)NC(F)O2. The van der Waals surface area contributed by atoms with Crippen LogP contribution in [-0.4, -0.2) is 16.4 Å². The topological polar surface area (TPSA) is 47.0 Å². The molecule has 0 spiro atoms. The first-order valence-electron chi connectivity index (χ1n) is 3.16. The maximum absolute atomic E-state index is 12.4. The Bertz CT molecular complexity index is 291. The fraction of sp³-hybridized carbons (Fsp3) is 0.333. The monoisotopic (exact) mass is 155 g/mol. The van der Waals surface area contributed by atoms with Crippen LogP contribution in [0.2, 0.25) is 0 Å². The summed E-state index contributed by atoms with van der Waals surface area (Å²) in [7, 11) is 0. The Morgan fingerprint density at radius 2 is 2.55 bits per heavy atom. The minimum absolute atomic E-state index is 0.225. The van der Waals surface area contributed by atoms with E-state index in [2.05, 4.69) is 20.0 Å². The van der Waals surface area contributed by atoms with E-state index in [4.69, 9.17) is 0 Å². The summed E-state index contributed by atoms with van der Waals surface area (Å²) in [6.45, 7) is 0.271. The lowest BCUT2D eigenvalue weighted by atomic mass is 10.5. The molecular formula is C6H6FN3O. The Kier molecular flexibility index (Phi) is 1.18. The number of halogens is 1. The molecule has 0 saturated heterocycles. The van der Waals surface area contributed by atoms with Crippen LogP contribution in [0, 0.1) is 6.92 Å². The first kappa shape index (κ1) is 6.33. The molecule has 1 aromatic rings. The van der Waals surface area contributed by atoms with Gasteiger partial charge < -0.3 is 10.1 Å². The van der Waals surface area contributed by atoms with Crippen molar-refractivity contribution in [1.29, 1.82) is 0 Å². The Balaban J connectivity index is 2.43. The fourth-order valence-corrected chi connectivity index (χ4v) is 0.881. The zero-order valence-electron chi connectivity index (χ0n) is 5.84. The van der Waals surface area contributed by atoms with Gasteiger partial charge >= 0.3 is 6.48 Å². The molecule has 0 bridgehead atoms. The summed E-state index contributed by atoms with van der Waals surface area (Å²) in [6.07, 6.45) is 1.53. The highest BCUT2D eigenvalue weighted by Gasteiger charge is 2.22. The Labute approximate surface area is 62.4 Å². The summed E-state index contributed by atoms with van der Waals surface area (Å²) in [4.78, 5) is 7.79. The highest BCUT2D eigenvalue weighted by molar-refractivity contribution is 5.49. The molecule has 1 N–H and O–H groups in total. The van der Waals surface area contributed by atoms with E-state index in [9.17, 15) is 4.39 Å². The minimum atomic E-state index is -1.51. The highest BCUT2D eigenvalue weighted by Crippen LogP contribution is 2.26. The first-order chi connectivity index (χ1) is 5.25. The van der Waals surface area contributed by atoms with Gasteiger partial charge in [-0.15, -0.1) is 0 Å². The number of ether oxygens (including phenoxy) is 1. The van der Waals surface area contributed by atoms with Crippen molar-refractivity contribution >= 4 is 5.82 Å². The van der Waals surface area contributed by atoms with Crippen LogP contribution in [0.3, 0.4) is 0 Å². The van der Waals surface area contributed by atoms with Crippen LogP contribution in [0.15, 0.2) is 6.20 Å². The van der Waals surface area contributed by atoms with Crippen molar-refractivity contribution in [3.8, 4) is 5.88 Å². The van der Waals surface area contributed by atoms with Crippen molar-refractivity contribution in [2.75, 3.05) is 5.32 Å². The molecule has 0 aromatic carbocycles. The van der Waals surface area contributed by atoms with E-state index in [1.165, 1.54) is 6.20 Å². The molecule has 58 valence electrons. The number of hydrogen-bond acceptors (Lipinski definition) is 4. The Hall–Kier alpha value is -1.39. The summed E-state index contributed by atoms with van der Waals surface area (Å²) < 4.78 is 17.0. The van der Waals surface area contributed by atoms with E-state index >= 15 is 0 Å². The third kappa shape index (κ3) is 0.978. The van der Waals surface area contributed by atoms with E-state index < -0.39 is 6.48 Å². The molecule has 5 heteroatoms. The summed E-state index contributed by atoms with van der Waals surface area (Å²) in [5, 5.41) is 2.38. The molecule has 1 unspecified atom stereocenters. The number of rotatable bonds is 0. The van der Waals surface area contributed by atoms with Gasteiger partial charge in [-0.1, -0.05) is 0 Å². The standard InChI is InChI=1S/C6H6FN3O/c1-3-2-8-5-4(9-3)10-6(7)11-5/h2,6H,1H3,(H,9,10). The van der Waals surface area contributed by atoms with Crippen molar-refractivity contribution in [3.05, 3.63) is 11.9 Å². The van der Waals surface area contributed by atoms with Crippen LogP contribution < -0.4 is 10.1 Å². The number of aryl methyl sites for hydroxylation is 1. The molecule has 1 atom stereocenters. The van der Waals surface area contributed by atoms with Gasteiger partial charge in [-0.2, -0.15) is 4.39 Å². The molecule has 0 amide bonds. The molecule has 4 nitrogen and oxygen atoms in total. The average Bonchev–Trinajstić information content (AvgIpc) is 2.27. The molecule has 1 aromatic heterocycles. The summed E-state index contributed by atoms with van der Waals surface area (Å²) in [5.41, 5.74) is 0.731. The summed E-state index contributed by atoms with van der Waals surface area (Å²) in [6, 6.07) is 0. The van der Waals surface area contributed by atoms with Gasteiger partial charge in [0.25, 0.3) is 5.88 Å². The predicted molar refractivity (Wildman–Crippen MR) is 35.9 cm³/mol. The molecule has 0 fully saturated rings. The zero-order valence-corrected chi connectivity index (χ0v) is 5.84. The molecular weight excluding hydrogens is 149 g/mol. The molecule has 11 heavy (non-hydrogen) atoms. The molecule has 0 saturated carbocycles. The molecule has 2 heterocycles. The van der Waals surface area contributed by atoms with Crippen molar-refractivity contribution < 1.29 is 9.13 Å². The van der Waals surface area contributed by atoms with Crippen LogP contribution in [0.5, 0.6) is 5.88 Å². The highest BCUT2D eigenvalue weighted by atomic mass is 19.1. The second-order valence-electron chi connectivity index (χ2n) is 2.24. The third-order valence-electron chi connectivity index (χ3n) is 1.32. The zero-order chi connectivity index (χ0) is 7.84. The van der Waals surface area contributed by atoms with Gasteiger partial charge in [0, 0.05) is 0 Å². The van der Waals surface area contributed by atoms with Gasteiger partial charge in [-0.3, -0.25) is 0 Å². The van der Waals surface area contributed by atoms with Gasteiger partial charge in [0.05, 0.1) is 11.9 Å². The Morgan fingerprint density at radius 1 is 1.73 bits per heavy atom. The fourth-order valence-electron chi connectivity index (χ4n) is 0.881. The normalized spacial score (nSPS) is 20.4. The van der Waals surface area contributed by atoms with E-state index in [0.717, 1.165) is 5.69 Å². The summed E-state index contributed by atoms with van der Waals surface area (Å²) in [5.74, 6) is 0.598. The van der Waals surface area contributed by atoms with Crippen molar-refractivity contribution in [3.63, 3.8) is 0 Å². The summed E-state index contributed by atoms with van der Waals surface area (Å²) >= 11 is 0. The second kappa shape index (κ2) is 2.05. The van der Waals surface area contributed by atoms with Gasteiger partial charge in [-0.25, -0.2) is 9.97 Å². The molecule has 1 aliphatic heterocycles.